The minimum Gasteiger partial charge on any atom is -0.318 e. The van der Waals surface area contributed by atoms with Crippen molar-refractivity contribution in [1.29, 1.82) is 0 Å². The van der Waals surface area contributed by atoms with Crippen LogP contribution in [0, 0.1) is 10.1 Å². The third kappa shape index (κ3) is 2.91. The highest BCUT2D eigenvalue weighted by Gasteiger charge is 2.13. The fourth-order valence-electron chi connectivity index (χ4n) is 1.38. The van der Waals surface area contributed by atoms with Crippen molar-refractivity contribution in [2.45, 2.75) is 13.5 Å². The smallest absolute Gasteiger partial charge is 0.293 e. The molecular weight excluding hydrogens is 208 g/mol. The second-order valence-electron chi connectivity index (χ2n) is 3.58. The van der Waals surface area contributed by atoms with E-state index in [1.165, 1.54) is 6.07 Å². The van der Waals surface area contributed by atoms with Gasteiger partial charge in [0.15, 0.2) is 0 Å². The summed E-state index contributed by atoms with van der Waals surface area (Å²) in [6.07, 6.45) is 0. The molecule has 0 amide bonds. The zero-order valence-electron chi connectivity index (χ0n) is 9.43. The highest BCUT2D eigenvalue weighted by atomic mass is 16.6. The summed E-state index contributed by atoms with van der Waals surface area (Å²) < 4.78 is 0. The summed E-state index contributed by atoms with van der Waals surface area (Å²) in [5.74, 6) is 5.25. The fourth-order valence-corrected chi connectivity index (χ4v) is 1.38. The molecule has 0 atom stereocenters. The van der Waals surface area contributed by atoms with E-state index in [0.29, 0.717) is 5.69 Å². The van der Waals surface area contributed by atoms with Crippen LogP contribution in [0.15, 0.2) is 18.2 Å². The number of nitrogens with one attached hydrogen (secondary N) is 1. The van der Waals surface area contributed by atoms with Gasteiger partial charge in [-0.1, -0.05) is 13.0 Å². The van der Waals surface area contributed by atoms with Crippen molar-refractivity contribution in [3.8, 4) is 0 Å². The number of benzene rings is 1. The van der Waals surface area contributed by atoms with Crippen molar-refractivity contribution < 1.29 is 4.92 Å². The number of nitrogens with two attached hydrogens (primary N) is 1. The van der Waals surface area contributed by atoms with Crippen LogP contribution in [0.5, 0.6) is 0 Å². The quantitative estimate of drug-likeness (QED) is 0.448. The predicted molar refractivity (Wildman–Crippen MR) is 62.9 cm³/mol. The van der Waals surface area contributed by atoms with Crippen LogP contribution in [0.3, 0.4) is 0 Å². The summed E-state index contributed by atoms with van der Waals surface area (Å²) in [5.41, 5.74) is 3.67. The van der Waals surface area contributed by atoms with Gasteiger partial charge in [0.2, 0.25) is 0 Å². The Morgan fingerprint density at radius 2 is 2.25 bits per heavy atom. The average Bonchev–Trinajstić information content (AvgIpc) is 2.28. The lowest BCUT2D eigenvalue weighted by Gasteiger charge is -2.14. The molecule has 0 aromatic heterocycles. The molecule has 0 saturated heterocycles. The van der Waals surface area contributed by atoms with Crippen molar-refractivity contribution in [1.82, 2.24) is 4.90 Å². The largest absolute Gasteiger partial charge is 0.318 e. The molecule has 6 heteroatoms. The van der Waals surface area contributed by atoms with Gasteiger partial charge in [-0.3, -0.25) is 16.0 Å². The molecular formula is C10H16N4O2. The van der Waals surface area contributed by atoms with Crippen LogP contribution in [0.25, 0.3) is 0 Å². The van der Waals surface area contributed by atoms with Gasteiger partial charge < -0.3 is 10.3 Å². The summed E-state index contributed by atoms with van der Waals surface area (Å²) in [7, 11) is 1.98. The van der Waals surface area contributed by atoms with Gasteiger partial charge in [-0.25, -0.2) is 0 Å². The summed E-state index contributed by atoms with van der Waals surface area (Å²) >= 11 is 0. The van der Waals surface area contributed by atoms with Crippen LogP contribution >= 0.6 is 0 Å². The van der Waals surface area contributed by atoms with Gasteiger partial charge in [0, 0.05) is 12.6 Å². The third-order valence-electron chi connectivity index (χ3n) is 2.41. The van der Waals surface area contributed by atoms with E-state index in [1.807, 2.05) is 14.0 Å². The Morgan fingerprint density at radius 1 is 1.56 bits per heavy atom. The van der Waals surface area contributed by atoms with Crippen molar-refractivity contribution in [2.75, 3.05) is 19.0 Å². The molecule has 0 saturated carbocycles. The summed E-state index contributed by atoms with van der Waals surface area (Å²) in [6.45, 7) is 3.71. The number of hydrazine groups is 1. The maximum Gasteiger partial charge on any atom is 0.293 e. The molecule has 0 radical (unpaired) electrons. The van der Waals surface area contributed by atoms with E-state index < -0.39 is 4.92 Å². The standard InChI is InChI=1S/C10H16N4O2/c1-3-13(2)7-8-4-5-10(14(15)16)9(6-8)12-11/h4-6,12H,3,7,11H2,1-2H3. The summed E-state index contributed by atoms with van der Waals surface area (Å²) in [4.78, 5) is 12.3. The molecule has 6 nitrogen and oxygen atoms in total. The van der Waals surface area contributed by atoms with E-state index in [9.17, 15) is 10.1 Å². The Bertz CT molecular complexity index is 381. The van der Waals surface area contributed by atoms with Crippen LogP contribution in [0.2, 0.25) is 0 Å². The Labute approximate surface area is 94.2 Å². The van der Waals surface area contributed by atoms with Crippen molar-refractivity contribution in [3.05, 3.63) is 33.9 Å². The number of anilines is 1. The first-order chi connectivity index (χ1) is 7.58. The van der Waals surface area contributed by atoms with Gasteiger partial charge in [0.25, 0.3) is 5.69 Å². The molecule has 0 bridgehead atoms. The lowest BCUT2D eigenvalue weighted by molar-refractivity contribution is -0.384. The average molecular weight is 224 g/mol. The van der Waals surface area contributed by atoms with Gasteiger partial charge in [-0.15, -0.1) is 0 Å². The first kappa shape index (κ1) is 12.4. The Hall–Kier alpha value is -1.66. The lowest BCUT2D eigenvalue weighted by atomic mass is 10.1. The zero-order valence-corrected chi connectivity index (χ0v) is 9.43. The topological polar surface area (TPSA) is 84.4 Å². The molecule has 0 aliphatic rings. The zero-order chi connectivity index (χ0) is 12.1. The van der Waals surface area contributed by atoms with Crippen LogP contribution < -0.4 is 11.3 Å². The minimum atomic E-state index is -0.456. The molecule has 0 aliphatic carbocycles. The number of hydrogen-bond donors (Lipinski definition) is 2. The second kappa shape index (κ2) is 5.43. The van der Waals surface area contributed by atoms with Gasteiger partial charge in [-0.05, 0) is 25.2 Å². The molecule has 0 fully saturated rings. The number of rotatable bonds is 5. The van der Waals surface area contributed by atoms with Gasteiger partial charge in [0.05, 0.1) is 4.92 Å². The van der Waals surface area contributed by atoms with Crippen LogP contribution in [0.4, 0.5) is 11.4 Å². The summed E-state index contributed by atoms with van der Waals surface area (Å²) in [6, 6.07) is 4.91. The van der Waals surface area contributed by atoms with E-state index in [2.05, 4.69) is 10.3 Å². The van der Waals surface area contributed by atoms with Crippen LogP contribution in [-0.4, -0.2) is 23.4 Å². The van der Waals surface area contributed by atoms with E-state index >= 15 is 0 Å². The Balaban J connectivity index is 2.95. The molecule has 3 N–H and O–H groups in total. The van der Waals surface area contributed by atoms with E-state index in [-0.39, 0.29) is 5.69 Å². The number of nitrogens with zero attached hydrogens (tertiary/aromatic N) is 2. The highest BCUT2D eigenvalue weighted by Crippen LogP contribution is 2.24. The van der Waals surface area contributed by atoms with Crippen molar-refractivity contribution in [3.63, 3.8) is 0 Å². The molecule has 16 heavy (non-hydrogen) atoms. The van der Waals surface area contributed by atoms with Gasteiger partial charge in [-0.2, -0.15) is 0 Å². The SMILES string of the molecule is CCN(C)Cc1ccc([N+](=O)[O-])c(NN)c1. The normalized spacial score (nSPS) is 10.5. The monoisotopic (exact) mass is 224 g/mol. The maximum atomic E-state index is 10.7. The molecule has 0 unspecified atom stereocenters. The Kier molecular flexibility index (Phi) is 4.21. The highest BCUT2D eigenvalue weighted by molar-refractivity contribution is 5.62. The fraction of sp³-hybridized carbons (Fsp3) is 0.400. The van der Waals surface area contributed by atoms with E-state index in [1.54, 1.807) is 12.1 Å². The van der Waals surface area contributed by atoms with Gasteiger partial charge >= 0.3 is 0 Å². The van der Waals surface area contributed by atoms with E-state index in [0.717, 1.165) is 18.7 Å². The first-order valence-electron chi connectivity index (χ1n) is 5.01. The number of nitro groups is 1. The maximum absolute atomic E-state index is 10.7. The second-order valence-corrected chi connectivity index (χ2v) is 3.58. The summed E-state index contributed by atoms with van der Waals surface area (Å²) in [5, 5.41) is 10.7. The third-order valence-corrected chi connectivity index (χ3v) is 2.41. The van der Waals surface area contributed by atoms with E-state index in [4.69, 9.17) is 5.84 Å². The molecule has 0 aliphatic heterocycles. The van der Waals surface area contributed by atoms with Crippen molar-refractivity contribution in [2.24, 2.45) is 5.84 Å². The molecule has 1 rings (SSSR count). The molecule has 0 spiro atoms. The molecule has 88 valence electrons. The number of nitrogen functional groups attached to an aromatic ring is 1. The van der Waals surface area contributed by atoms with Crippen molar-refractivity contribution >= 4 is 11.4 Å². The van der Waals surface area contributed by atoms with Crippen LogP contribution in [-0.2, 0) is 6.54 Å². The Morgan fingerprint density at radius 3 is 2.75 bits per heavy atom. The van der Waals surface area contributed by atoms with Crippen LogP contribution in [0.1, 0.15) is 12.5 Å². The number of nitro benzene ring substituents is 1. The predicted octanol–water partition coefficient (Wildman–Crippen LogP) is 1.33. The van der Waals surface area contributed by atoms with Gasteiger partial charge in [0.1, 0.15) is 5.69 Å². The molecule has 1 aromatic carbocycles. The minimum absolute atomic E-state index is 0.00889. The molecule has 0 heterocycles. The lowest BCUT2D eigenvalue weighted by Crippen LogP contribution is -2.17. The molecule has 1 aromatic rings. The number of hydrogen-bond acceptors (Lipinski definition) is 5. The first-order valence-corrected chi connectivity index (χ1v) is 5.01.